The summed E-state index contributed by atoms with van der Waals surface area (Å²) in [5, 5.41) is 3.27. The Hall–Kier alpha value is -2.73. The Bertz CT molecular complexity index is 784. The standard InChI is InChI=1S/C18H18N4O2/c1-3-14(23-9-1)11-20-18-21-12-15(13-5-7-19-8-6-13)17(22-18)16-4-2-10-24-16/h2,4-8,10,12,14H,1,3,9,11H2,(H,20,21,22)/t14-/m1/s1. The second-order valence-electron chi connectivity index (χ2n) is 5.69. The van der Waals surface area contributed by atoms with Gasteiger partial charge in [-0.3, -0.25) is 4.98 Å². The number of rotatable bonds is 5. The number of anilines is 1. The molecule has 4 rings (SSSR count). The van der Waals surface area contributed by atoms with Gasteiger partial charge in [0, 0.05) is 37.3 Å². The monoisotopic (exact) mass is 322 g/mol. The van der Waals surface area contributed by atoms with E-state index in [2.05, 4.69) is 20.3 Å². The minimum absolute atomic E-state index is 0.237. The molecule has 1 aliphatic rings. The van der Waals surface area contributed by atoms with Crippen molar-refractivity contribution < 1.29 is 9.15 Å². The Labute approximate surface area is 139 Å². The molecule has 0 aliphatic carbocycles. The molecule has 0 spiro atoms. The predicted octanol–water partition coefficient (Wildman–Crippen LogP) is 3.39. The van der Waals surface area contributed by atoms with Crippen molar-refractivity contribution in [3.8, 4) is 22.6 Å². The quantitative estimate of drug-likeness (QED) is 0.776. The third kappa shape index (κ3) is 3.14. The minimum Gasteiger partial charge on any atom is -0.463 e. The highest BCUT2D eigenvalue weighted by molar-refractivity contribution is 5.78. The van der Waals surface area contributed by atoms with Crippen LogP contribution in [0.4, 0.5) is 5.95 Å². The van der Waals surface area contributed by atoms with Crippen LogP contribution in [0.15, 0.2) is 53.5 Å². The molecular weight excluding hydrogens is 304 g/mol. The molecule has 4 heterocycles. The summed E-state index contributed by atoms with van der Waals surface area (Å²) >= 11 is 0. The normalized spacial score (nSPS) is 17.1. The number of hydrogen-bond donors (Lipinski definition) is 1. The van der Waals surface area contributed by atoms with Crippen LogP contribution in [0, 0.1) is 0 Å². The van der Waals surface area contributed by atoms with E-state index in [0.717, 1.165) is 36.3 Å². The highest BCUT2D eigenvalue weighted by Crippen LogP contribution is 2.30. The zero-order valence-electron chi connectivity index (χ0n) is 13.2. The van der Waals surface area contributed by atoms with Gasteiger partial charge < -0.3 is 14.5 Å². The van der Waals surface area contributed by atoms with Crippen LogP contribution in [0.1, 0.15) is 12.8 Å². The van der Waals surface area contributed by atoms with E-state index in [9.17, 15) is 0 Å². The lowest BCUT2D eigenvalue weighted by atomic mass is 10.1. The first-order valence-electron chi connectivity index (χ1n) is 8.07. The molecule has 0 radical (unpaired) electrons. The van der Waals surface area contributed by atoms with E-state index in [1.54, 1.807) is 18.7 Å². The van der Waals surface area contributed by atoms with Crippen molar-refractivity contribution in [2.45, 2.75) is 18.9 Å². The first kappa shape index (κ1) is 14.8. The molecule has 1 aliphatic heterocycles. The van der Waals surface area contributed by atoms with Gasteiger partial charge in [-0.25, -0.2) is 9.97 Å². The maximum atomic E-state index is 5.63. The topological polar surface area (TPSA) is 73.1 Å². The van der Waals surface area contributed by atoms with E-state index in [1.807, 2.05) is 30.5 Å². The number of nitrogens with one attached hydrogen (secondary N) is 1. The second-order valence-corrected chi connectivity index (χ2v) is 5.69. The molecule has 0 unspecified atom stereocenters. The average Bonchev–Trinajstić information content (AvgIpc) is 3.34. The lowest BCUT2D eigenvalue weighted by Gasteiger charge is -2.12. The van der Waals surface area contributed by atoms with E-state index >= 15 is 0 Å². The summed E-state index contributed by atoms with van der Waals surface area (Å²) < 4.78 is 11.2. The van der Waals surface area contributed by atoms with Gasteiger partial charge in [-0.15, -0.1) is 0 Å². The van der Waals surface area contributed by atoms with Gasteiger partial charge in [-0.1, -0.05) is 0 Å². The van der Waals surface area contributed by atoms with Crippen LogP contribution in [0.25, 0.3) is 22.6 Å². The van der Waals surface area contributed by atoms with Crippen LogP contribution >= 0.6 is 0 Å². The third-order valence-electron chi connectivity index (χ3n) is 4.05. The van der Waals surface area contributed by atoms with Crippen LogP contribution in [0.3, 0.4) is 0 Å². The lowest BCUT2D eigenvalue weighted by Crippen LogP contribution is -2.19. The summed E-state index contributed by atoms with van der Waals surface area (Å²) in [7, 11) is 0. The molecule has 0 aromatic carbocycles. The van der Waals surface area contributed by atoms with E-state index in [-0.39, 0.29) is 6.10 Å². The fourth-order valence-corrected chi connectivity index (χ4v) is 2.82. The summed E-state index contributed by atoms with van der Waals surface area (Å²) in [6.07, 6.45) is 9.40. The van der Waals surface area contributed by atoms with Gasteiger partial charge in [0.15, 0.2) is 5.76 Å². The van der Waals surface area contributed by atoms with Crippen LogP contribution in [0.2, 0.25) is 0 Å². The predicted molar refractivity (Wildman–Crippen MR) is 90.4 cm³/mol. The van der Waals surface area contributed by atoms with Gasteiger partial charge in [-0.2, -0.15) is 0 Å². The fraction of sp³-hybridized carbons (Fsp3) is 0.278. The molecule has 0 bridgehead atoms. The van der Waals surface area contributed by atoms with Crippen LogP contribution in [-0.2, 0) is 4.74 Å². The molecule has 6 nitrogen and oxygen atoms in total. The molecule has 1 fully saturated rings. The van der Waals surface area contributed by atoms with Crippen molar-refractivity contribution in [3.05, 3.63) is 49.1 Å². The SMILES string of the molecule is c1coc(-c2nc(NC[C@H]3CCCO3)ncc2-c2ccncc2)c1. The number of hydrogen-bond acceptors (Lipinski definition) is 6. The van der Waals surface area contributed by atoms with Crippen LogP contribution in [-0.4, -0.2) is 34.2 Å². The van der Waals surface area contributed by atoms with Crippen molar-refractivity contribution in [2.24, 2.45) is 0 Å². The summed E-state index contributed by atoms with van der Waals surface area (Å²) in [5.41, 5.74) is 2.67. The second kappa shape index (κ2) is 6.80. The molecule has 3 aromatic rings. The lowest BCUT2D eigenvalue weighted by molar-refractivity contribution is 0.120. The van der Waals surface area contributed by atoms with E-state index < -0.39 is 0 Å². The van der Waals surface area contributed by atoms with Crippen molar-refractivity contribution in [1.29, 1.82) is 0 Å². The van der Waals surface area contributed by atoms with Crippen LogP contribution in [0.5, 0.6) is 0 Å². The van der Waals surface area contributed by atoms with Gasteiger partial charge in [0.25, 0.3) is 0 Å². The molecule has 3 aromatic heterocycles. The van der Waals surface area contributed by atoms with Crippen molar-refractivity contribution in [2.75, 3.05) is 18.5 Å². The van der Waals surface area contributed by atoms with Gasteiger partial charge in [0.1, 0.15) is 5.69 Å². The van der Waals surface area contributed by atoms with E-state index in [0.29, 0.717) is 18.3 Å². The number of nitrogens with zero attached hydrogens (tertiary/aromatic N) is 3. The van der Waals surface area contributed by atoms with Gasteiger partial charge >= 0.3 is 0 Å². The van der Waals surface area contributed by atoms with E-state index in [4.69, 9.17) is 9.15 Å². The first-order chi connectivity index (χ1) is 11.9. The molecule has 0 amide bonds. The summed E-state index contributed by atoms with van der Waals surface area (Å²) in [5.74, 6) is 1.29. The van der Waals surface area contributed by atoms with Gasteiger partial charge in [0.2, 0.25) is 5.95 Å². The summed E-state index contributed by atoms with van der Waals surface area (Å²) in [6.45, 7) is 1.55. The Morgan fingerprint density at radius 1 is 1.21 bits per heavy atom. The zero-order valence-corrected chi connectivity index (χ0v) is 13.2. The molecule has 6 heteroatoms. The number of furan rings is 1. The van der Waals surface area contributed by atoms with Crippen LogP contribution < -0.4 is 5.32 Å². The minimum atomic E-state index is 0.237. The van der Waals surface area contributed by atoms with Crippen molar-refractivity contribution >= 4 is 5.95 Å². The molecule has 1 N–H and O–H groups in total. The molecule has 0 saturated carbocycles. The molecule has 1 atom stereocenters. The summed E-state index contributed by atoms with van der Waals surface area (Å²) in [6, 6.07) is 7.62. The summed E-state index contributed by atoms with van der Waals surface area (Å²) in [4.78, 5) is 13.2. The van der Waals surface area contributed by atoms with Crippen molar-refractivity contribution in [1.82, 2.24) is 15.0 Å². The van der Waals surface area contributed by atoms with Gasteiger partial charge in [0.05, 0.1) is 12.4 Å². The first-order valence-corrected chi connectivity index (χ1v) is 8.07. The molecule has 24 heavy (non-hydrogen) atoms. The highest BCUT2D eigenvalue weighted by atomic mass is 16.5. The van der Waals surface area contributed by atoms with Gasteiger partial charge in [-0.05, 0) is 42.7 Å². The molecular formula is C18H18N4O2. The fourth-order valence-electron chi connectivity index (χ4n) is 2.82. The largest absolute Gasteiger partial charge is 0.463 e. The Morgan fingerprint density at radius 2 is 2.12 bits per heavy atom. The zero-order chi connectivity index (χ0) is 16.2. The Kier molecular flexibility index (Phi) is 4.20. The molecule has 1 saturated heterocycles. The average molecular weight is 322 g/mol. The smallest absolute Gasteiger partial charge is 0.223 e. The Balaban J connectivity index is 1.65. The number of aromatic nitrogens is 3. The molecule has 122 valence electrons. The van der Waals surface area contributed by atoms with E-state index in [1.165, 1.54) is 0 Å². The maximum Gasteiger partial charge on any atom is 0.223 e. The van der Waals surface area contributed by atoms with Crippen molar-refractivity contribution in [3.63, 3.8) is 0 Å². The Morgan fingerprint density at radius 3 is 2.88 bits per heavy atom. The highest BCUT2D eigenvalue weighted by Gasteiger charge is 2.17. The maximum absolute atomic E-state index is 5.63. The number of pyridine rings is 1. The third-order valence-corrected chi connectivity index (χ3v) is 4.05. The number of ether oxygens (including phenoxy) is 1.